The Morgan fingerprint density at radius 1 is 1.38 bits per heavy atom. The predicted molar refractivity (Wildman–Crippen MR) is 36.6 cm³/mol. The van der Waals surface area contributed by atoms with Gasteiger partial charge < -0.3 is 4.46 Å². The molecule has 48 valence electrons. The summed E-state index contributed by atoms with van der Waals surface area (Å²) in [4.78, 5) is 0. The van der Waals surface area contributed by atoms with Crippen LogP contribution in [0.1, 0.15) is 27.7 Å². The average molecular weight is 130 g/mol. The largest absolute Gasteiger partial charge is 0.388 e. The van der Waals surface area contributed by atoms with Crippen molar-refractivity contribution in [1.82, 2.24) is 0 Å². The van der Waals surface area contributed by atoms with Gasteiger partial charge in [0.15, 0.2) is 0 Å². The Morgan fingerprint density at radius 2 is 1.75 bits per heavy atom. The summed E-state index contributed by atoms with van der Waals surface area (Å²) in [6, 6.07) is 0.841. The molecule has 1 nitrogen and oxygen atoms in total. The molecule has 0 aromatic rings. The molecule has 0 bridgehead atoms. The van der Waals surface area contributed by atoms with E-state index in [9.17, 15) is 4.46 Å². The quantitative estimate of drug-likeness (QED) is 0.497. The number of hydrogen-bond donors (Lipinski definition) is 0. The molecule has 0 atom stereocenters. The molecule has 0 fully saturated rings. The Hall–Kier alpha value is 0.0169. The van der Waals surface area contributed by atoms with Gasteiger partial charge >= 0.3 is 0 Å². The van der Waals surface area contributed by atoms with Crippen molar-refractivity contribution in [1.29, 1.82) is 0 Å². The average Bonchev–Trinajstić information content (AvgIpc) is 1.62. The van der Waals surface area contributed by atoms with Gasteiger partial charge in [0, 0.05) is 5.04 Å². The fourth-order valence-electron chi connectivity index (χ4n) is 0.530. The van der Waals surface area contributed by atoms with Crippen LogP contribution in [0, 0.1) is 0 Å². The van der Waals surface area contributed by atoms with E-state index in [0.29, 0.717) is 0 Å². The molecule has 0 N–H and O–H groups in total. The normalized spacial score (nSPS) is 11.5. The van der Waals surface area contributed by atoms with Crippen LogP contribution in [0.15, 0.2) is 0 Å². The minimum Gasteiger partial charge on any atom is -0.388 e. The third-order valence-corrected chi connectivity index (χ3v) is 3.47. The second-order valence-corrected chi connectivity index (χ2v) is 6.08. The van der Waals surface area contributed by atoms with Gasteiger partial charge in [0.2, 0.25) is 0 Å². The fraction of sp³-hybridized carbons (Fsp3) is 1.00. The van der Waals surface area contributed by atoms with Crippen molar-refractivity contribution in [3.8, 4) is 0 Å². The third kappa shape index (κ3) is 2.36. The first-order chi connectivity index (χ1) is 3.48. The SMILES string of the molecule is CC[Si](=O)C(C)(C)C. The topological polar surface area (TPSA) is 17.1 Å². The second kappa shape index (κ2) is 2.53. The van der Waals surface area contributed by atoms with Crippen molar-refractivity contribution in [3.63, 3.8) is 0 Å². The van der Waals surface area contributed by atoms with Crippen molar-refractivity contribution in [3.05, 3.63) is 0 Å². The Morgan fingerprint density at radius 3 is 1.75 bits per heavy atom. The van der Waals surface area contributed by atoms with E-state index in [1.807, 2.05) is 27.7 Å². The van der Waals surface area contributed by atoms with Crippen LogP contribution in [-0.2, 0) is 4.46 Å². The van der Waals surface area contributed by atoms with E-state index in [2.05, 4.69) is 0 Å². The van der Waals surface area contributed by atoms with Gasteiger partial charge in [-0.1, -0.05) is 27.7 Å². The molecular weight excluding hydrogens is 116 g/mol. The number of rotatable bonds is 1. The van der Waals surface area contributed by atoms with Crippen molar-refractivity contribution in [2.75, 3.05) is 0 Å². The maximum absolute atomic E-state index is 11.0. The zero-order valence-corrected chi connectivity index (χ0v) is 7.12. The molecule has 0 aliphatic carbocycles. The Bertz CT molecular complexity index is 91.2. The third-order valence-electron chi connectivity index (χ3n) is 1.16. The van der Waals surface area contributed by atoms with Crippen molar-refractivity contribution in [2.24, 2.45) is 0 Å². The van der Waals surface area contributed by atoms with E-state index >= 15 is 0 Å². The molecule has 0 aliphatic heterocycles. The molecule has 0 saturated carbocycles. The molecule has 0 aromatic heterocycles. The molecule has 0 amide bonds. The Labute approximate surface area is 52.8 Å². The smallest absolute Gasteiger partial charge is 0.281 e. The van der Waals surface area contributed by atoms with E-state index < -0.39 is 8.68 Å². The number of hydrogen-bond acceptors (Lipinski definition) is 1. The highest BCUT2D eigenvalue weighted by atomic mass is 28.3. The van der Waals surface area contributed by atoms with Gasteiger partial charge in [0.25, 0.3) is 8.68 Å². The minimum absolute atomic E-state index is 0.0550. The van der Waals surface area contributed by atoms with E-state index in [-0.39, 0.29) is 5.04 Å². The molecule has 2 heteroatoms. The summed E-state index contributed by atoms with van der Waals surface area (Å²) in [5, 5.41) is 0.0550. The second-order valence-electron chi connectivity index (χ2n) is 3.03. The molecule has 0 radical (unpaired) electrons. The summed E-state index contributed by atoms with van der Waals surface area (Å²) in [5.74, 6) is 0. The van der Waals surface area contributed by atoms with Gasteiger partial charge in [-0.3, -0.25) is 0 Å². The summed E-state index contributed by atoms with van der Waals surface area (Å²) >= 11 is 0. The van der Waals surface area contributed by atoms with Crippen molar-refractivity contribution in [2.45, 2.75) is 38.8 Å². The van der Waals surface area contributed by atoms with Crippen molar-refractivity contribution < 1.29 is 4.46 Å². The fourth-order valence-corrected chi connectivity index (χ4v) is 1.59. The lowest BCUT2D eigenvalue weighted by atomic mass is 10.3. The molecule has 0 aliphatic rings. The van der Waals surface area contributed by atoms with Crippen molar-refractivity contribution >= 4 is 8.68 Å². The van der Waals surface area contributed by atoms with Crippen LogP contribution in [-0.4, -0.2) is 8.68 Å². The summed E-state index contributed by atoms with van der Waals surface area (Å²) < 4.78 is 11.0. The maximum Gasteiger partial charge on any atom is 0.281 e. The van der Waals surface area contributed by atoms with E-state index in [0.717, 1.165) is 6.04 Å². The van der Waals surface area contributed by atoms with E-state index in [4.69, 9.17) is 0 Å². The summed E-state index contributed by atoms with van der Waals surface area (Å²) in [6.07, 6.45) is 0. The lowest BCUT2D eigenvalue weighted by Gasteiger charge is -2.12. The predicted octanol–water partition coefficient (Wildman–Crippen LogP) is 2.23. The van der Waals surface area contributed by atoms with Gasteiger partial charge in [-0.2, -0.15) is 0 Å². The molecule has 0 rings (SSSR count). The molecule has 8 heavy (non-hydrogen) atoms. The van der Waals surface area contributed by atoms with Gasteiger partial charge in [-0.25, -0.2) is 0 Å². The molecular formula is C6H14OSi. The van der Waals surface area contributed by atoms with Gasteiger partial charge in [-0.15, -0.1) is 0 Å². The van der Waals surface area contributed by atoms with E-state index in [1.165, 1.54) is 0 Å². The standard InChI is InChI=1S/C6H14OSi/c1-5-8(7)6(2,3)4/h5H2,1-4H3. The molecule has 0 spiro atoms. The molecule has 0 heterocycles. The maximum atomic E-state index is 11.0. The summed E-state index contributed by atoms with van der Waals surface area (Å²) in [7, 11) is -1.29. The van der Waals surface area contributed by atoms with Crippen LogP contribution in [0.3, 0.4) is 0 Å². The minimum atomic E-state index is -1.29. The highest BCUT2D eigenvalue weighted by molar-refractivity contribution is 6.46. The first kappa shape index (κ1) is 8.02. The van der Waals surface area contributed by atoms with Crippen LogP contribution in [0.5, 0.6) is 0 Å². The first-order valence-corrected chi connectivity index (χ1v) is 4.63. The Balaban J connectivity index is 3.82. The summed E-state index contributed by atoms with van der Waals surface area (Å²) in [6.45, 7) is 8.06. The van der Waals surface area contributed by atoms with Crippen LogP contribution in [0.2, 0.25) is 11.1 Å². The lowest BCUT2D eigenvalue weighted by molar-refractivity contribution is 0.525. The van der Waals surface area contributed by atoms with Crippen LogP contribution in [0.4, 0.5) is 0 Å². The molecule has 0 unspecified atom stereocenters. The zero-order chi connectivity index (χ0) is 6.78. The highest BCUT2D eigenvalue weighted by Crippen LogP contribution is 2.23. The summed E-state index contributed by atoms with van der Waals surface area (Å²) in [5.41, 5.74) is 0. The molecule has 0 saturated heterocycles. The van der Waals surface area contributed by atoms with Crippen LogP contribution in [0.25, 0.3) is 0 Å². The lowest BCUT2D eigenvalue weighted by Crippen LogP contribution is -2.13. The Kier molecular flexibility index (Phi) is 2.54. The van der Waals surface area contributed by atoms with Gasteiger partial charge in [-0.05, 0) is 6.04 Å². The first-order valence-electron chi connectivity index (χ1n) is 3.01. The van der Waals surface area contributed by atoms with Gasteiger partial charge in [0.1, 0.15) is 0 Å². The van der Waals surface area contributed by atoms with Crippen LogP contribution < -0.4 is 0 Å². The van der Waals surface area contributed by atoms with Crippen LogP contribution >= 0.6 is 0 Å². The molecule has 0 aromatic carbocycles. The highest BCUT2D eigenvalue weighted by Gasteiger charge is 2.20. The van der Waals surface area contributed by atoms with Gasteiger partial charge in [0.05, 0.1) is 0 Å². The monoisotopic (exact) mass is 130 g/mol. The zero-order valence-electron chi connectivity index (χ0n) is 6.12. The van der Waals surface area contributed by atoms with E-state index in [1.54, 1.807) is 0 Å².